The lowest BCUT2D eigenvalue weighted by atomic mass is 9.90. The average molecular weight is 226 g/mol. The average Bonchev–Trinajstić information content (AvgIpc) is 2.16. The molecule has 1 atom stereocenters. The molecule has 0 radical (unpaired) electrons. The molecule has 1 amide bonds. The lowest BCUT2D eigenvalue weighted by Crippen LogP contribution is -2.52. The highest BCUT2D eigenvalue weighted by Crippen LogP contribution is 2.15. The van der Waals surface area contributed by atoms with Gasteiger partial charge in [-0.25, -0.2) is 0 Å². The Kier molecular flexibility index (Phi) is 7.06. The quantitative estimate of drug-likeness (QED) is 0.492. The third-order valence-corrected chi connectivity index (χ3v) is 2.56. The van der Waals surface area contributed by atoms with Crippen LogP contribution >= 0.6 is 0 Å². The lowest BCUT2D eigenvalue weighted by Gasteiger charge is -2.31. The van der Waals surface area contributed by atoms with Gasteiger partial charge in [0.25, 0.3) is 0 Å². The maximum Gasteiger partial charge on any atom is 0.220 e. The van der Waals surface area contributed by atoms with Crippen molar-refractivity contribution in [2.24, 2.45) is 11.7 Å². The van der Waals surface area contributed by atoms with Gasteiger partial charge in [0.15, 0.2) is 0 Å². The lowest BCUT2D eigenvalue weighted by molar-refractivity contribution is -0.123. The molecule has 3 N–H and O–H groups in total. The molecule has 3 heteroatoms. The van der Waals surface area contributed by atoms with Gasteiger partial charge in [-0.2, -0.15) is 0 Å². The minimum absolute atomic E-state index is 0.0930. The molecule has 1 unspecified atom stereocenters. The van der Waals surface area contributed by atoms with E-state index in [0.717, 1.165) is 19.3 Å². The molecule has 0 saturated heterocycles. The molecule has 0 aromatic carbocycles. The largest absolute Gasteiger partial charge is 0.350 e. The van der Waals surface area contributed by atoms with Crippen molar-refractivity contribution in [2.45, 2.75) is 52.0 Å². The topological polar surface area (TPSA) is 55.1 Å². The van der Waals surface area contributed by atoms with E-state index < -0.39 is 0 Å². The zero-order valence-corrected chi connectivity index (χ0v) is 10.9. The number of nitrogens with two attached hydrogens (primary N) is 1. The van der Waals surface area contributed by atoms with Gasteiger partial charge in [-0.3, -0.25) is 4.79 Å². The van der Waals surface area contributed by atoms with Gasteiger partial charge < -0.3 is 11.1 Å². The second-order valence-electron chi connectivity index (χ2n) is 5.09. The Labute approximate surface area is 99.5 Å². The third-order valence-electron chi connectivity index (χ3n) is 2.56. The summed E-state index contributed by atoms with van der Waals surface area (Å²) in [7, 11) is 0. The number of rotatable bonds is 8. The van der Waals surface area contributed by atoms with E-state index in [1.807, 2.05) is 13.0 Å². The first-order chi connectivity index (χ1) is 7.43. The maximum absolute atomic E-state index is 11.7. The number of unbranched alkanes of at least 4 members (excludes halogenated alkanes) is 1. The zero-order chi connectivity index (χ0) is 12.6. The molecule has 0 aromatic heterocycles. The van der Waals surface area contributed by atoms with Crippen molar-refractivity contribution >= 4 is 5.91 Å². The molecule has 16 heavy (non-hydrogen) atoms. The van der Waals surface area contributed by atoms with Crippen LogP contribution in [0.3, 0.4) is 0 Å². The van der Waals surface area contributed by atoms with Crippen molar-refractivity contribution in [1.82, 2.24) is 5.32 Å². The fraction of sp³-hybridized carbons (Fsp3) is 0.769. The van der Waals surface area contributed by atoms with E-state index >= 15 is 0 Å². The first kappa shape index (κ1) is 15.2. The molecule has 0 fully saturated rings. The fourth-order valence-corrected chi connectivity index (χ4v) is 1.89. The number of carbonyl (C=O) groups is 1. The summed E-state index contributed by atoms with van der Waals surface area (Å²) in [6.07, 6.45) is 5.05. The van der Waals surface area contributed by atoms with Crippen LogP contribution in [-0.4, -0.2) is 18.0 Å². The number of nitrogens with one attached hydrogen (secondary N) is 1. The molecule has 0 aliphatic rings. The van der Waals surface area contributed by atoms with Crippen LogP contribution < -0.4 is 11.1 Å². The summed E-state index contributed by atoms with van der Waals surface area (Å²) in [5.74, 6) is 0.623. The van der Waals surface area contributed by atoms with Crippen LogP contribution in [0.15, 0.2) is 12.7 Å². The number of allylic oxidation sites excluding steroid dienone is 1. The van der Waals surface area contributed by atoms with E-state index in [9.17, 15) is 4.79 Å². The second kappa shape index (κ2) is 7.44. The summed E-state index contributed by atoms with van der Waals surface area (Å²) in [5.41, 5.74) is 5.46. The molecule has 0 spiro atoms. The summed E-state index contributed by atoms with van der Waals surface area (Å²) in [5, 5.41) is 3.04. The van der Waals surface area contributed by atoms with Gasteiger partial charge in [0.1, 0.15) is 0 Å². The van der Waals surface area contributed by atoms with E-state index in [1.54, 1.807) is 0 Å². The van der Waals surface area contributed by atoms with Gasteiger partial charge in [0, 0.05) is 18.5 Å². The molecule has 0 saturated carbocycles. The fourth-order valence-electron chi connectivity index (χ4n) is 1.89. The highest BCUT2D eigenvalue weighted by atomic mass is 16.1. The second-order valence-corrected chi connectivity index (χ2v) is 5.09. The first-order valence-corrected chi connectivity index (χ1v) is 6.05. The Balaban J connectivity index is 4.09. The van der Waals surface area contributed by atoms with Gasteiger partial charge in [-0.05, 0) is 32.1 Å². The number of carbonyl (C=O) groups excluding carboxylic acids is 1. The van der Waals surface area contributed by atoms with Crippen molar-refractivity contribution in [3.63, 3.8) is 0 Å². The predicted octanol–water partition coefficient (Wildman–Crippen LogP) is 2.22. The Hall–Kier alpha value is -0.830. The molecule has 0 aliphatic heterocycles. The van der Waals surface area contributed by atoms with Crippen molar-refractivity contribution in [3.05, 3.63) is 12.7 Å². The molecule has 0 aliphatic carbocycles. The first-order valence-electron chi connectivity index (χ1n) is 6.05. The molecule has 0 rings (SSSR count). The van der Waals surface area contributed by atoms with E-state index in [1.165, 1.54) is 0 Å². The van der Waals surface area contributed by atoms with Crippen LogP contribution in [0.25, 0.3) is 0 Å². The Morgan fingerprint density at radius 1 is 1.56 bits per heavy atom. The summed E-state index contributed by atoms with van der Waals surface area (Å²) < 4.78 is 0. The van der Waals surface area contributed by atoms with Crippen LogP contribution in [0.2, 0.25) is 0 Å². The predicted molar refractivity (Wildman–Crippen MR) is 69.1 cm³/mol. The molecular formula is C13H26N2O. The van der Waals surface area contributed by atoms with E-state index in [2.05, 4.69) is 25.7 Å². The molecule has 0 aromatic rings. The molecule has 0 heterocycles. The number of hydrogen-bond acceptors (Lipinski definition) is 2. The minimum Gasteiger partial charge on any atom is -0.350 e. The van der Waals surface area contributed by atoms with Crippen molar-refractivity contribution in [1.29, 1.82) is 0 Å². The highest BCUT2D eigenvalue weighted by molar-refractivity contribution is 5.76. The van der Waals surface area contributed by atoms with Crippen LogP contribution in [0, 0.1) is 5.92 Å². The van der Waals surface area contributed by atoms with E-state index in [0.29, 0.717) is 18.9 Å². The van der Waals surface area contributed by atoms with Gasteiger partial charge >= 0.3 is 0 Å². The van der Waals surface area contributed by atoms with Crippen molar-refractivity contribution in [2.75, 3.05) is 6.54 Å². The molecule has 3 nitrogen and oxygen atoms in total. The van der Waals surface area contributed by atoms with Crippen LogP contribution in [0.1, 0.15) is 46.5 Å². The Morgan fingerprint density at radius 3 is 2.62 bits per heavy atom. The van der Waals surface area contributed by atoms with E-state index in [4.69, 9.17) is 5.73 Å². The molecule has 94 valence electrons. The Morgan fingerprint density at radius 2 is 2.19 bits per heavy atom. The minimum atomic E-state index is -0.264. The summed E-state index contributed by atoms with van der Waals surface area (Å²) in [6.45, 7) is 10.4. The van der Waals surface area contributed by atoms with Gasteiger partial charge in [0.05, 0.1) is 0 Å². The maximum atomic E-state index is 11.7. The zero-order valence-electron chi connectivity index (χ0n) is 10.9. The van der Waals surface area contributed by atoms with Gasteiger partial charge in [-0.1, -0.05) is 19.9 Å². The number of amides is 1. The van der Waals surface area contributed by atoms with Crippen LogP contribution in [0.4, 0.5) is 0 Å². The monoisotopic (exact) mass is 226 g/mol. The Bertz CT molecular complexity index is 226. The van der Waals surface area contributed by atoms with Gasteiger partial charge in [0.2, 0.25) is 5.91 Å². The van der Waals surface area contributed by atoms with Crippen molar-refractivity contribution < 1.29 is 4.79 Å². The number of hydrogen-bond donors (Lipinski definition) is 2. The van der Waals surface area contributed by atoms with Crippen molar-refractivity contribution in [3.8, 4) is 0 Å². The molecular weight excluding hydrogens is 200 g/mol. The smallest absolute Gasteiger partial charge is 0.220 e. The van der Waals surface area contributed by atoms with Crippen LogP contribution in [0.5, 0.6) is 0 Å². The standard InChI is InChI=1S/C13H26N2O/c1-5-6-7-8-12(16)15-13(4,10-14)9-11(2)3/h5,11H,1,6-10,14H2,2-4H3,(H,15,16). The highest BCUT2D eigenvalue weighted by Gasteiger charge is 2.25. The van der Waals surface area contributed by atoms with Gasteiger partial charge in [-0.15, -0.1) is 6.58 Å². The van der Waals surface area contributed by atoms with E-state index in [-0.39, 0.29) is 11.4 Å². The van der Waals surface area contributed by atoms with Crippen LogP contribution in [-0.2, 0) is 4.79 Å². The normalized spacial score (nSPS) is 14.6. The summed E-state index contributed by atoms with van der Waals surface area (Å²) in [4.78, 5) is 11.7. The summed E-state index contributed by atoms with van der Waals surface area (Å²) >= 11 is 0. The third kappa shape index (κ3) is 6.62. The SMILES string of the molecule is C=CCCCC(=O)NC(C)(CN)CC(C)C. The molecule has 0 bridgehead atoms. The summed E-state index contributed by atoms with van der Waals surface area (Å²) in [6, 6.07) is 0.